The quantitative estimate of drug-likeness (QED) is 0.231. The zero-order valence-electron chi connectivity index (χ0n) is 20.1. The van der Waals surface area contributed by atoms with Crippen LogP contribution in [-0.2, 0) is 56.6 Å². The number of aromatic carboxylic acids is 2. The van der Waals surface area contributed by atoms with E-state index in [1.807, 2.05) is 13.8 Å². The third-order valence-corrected chi connectivity index (χ3v) is 3.91. The summed E-state index contributed by atoms with van der Waals surface area (Å²) in [5.41, 5.74) is -3.36. The molecule has 14 heteroatoms. The van der Waals surface area contributed by atoms with Crippen LogP contribution in [0.15, 0.2) is 18.2 Å². The van der Waals surface area contributed by atoms with Gasteiger partial charge in [0, 0.05) is 32.7 Å². The fourth-order valence-corrected chi connectivity index (χ4v) is 2.36. The summed E-state index contributed by atoms with van der Waals surface area (Å²) in [4.78, 5) is 65.6. The minimum absolute atomic E-state index is 0. The number of carboxylic acids is 4. The molecule has 0 aliphatic heterocycles. The third-order valence-electron chi connectivity index (χ3n) is 3.91. The molecule has 0 aliphatic rings. The van der Waals surface area contributed by atoms with Crippen molar-refractivity contribution in [3.8, 4) is 0 Å². The monoisotopic (exact) mass is 589 g/mol. The van der Waals surface area contributed by atoms with Crippen molar-refractivity contribution in [3.05, 3.63) is 34.9 Å². The van der Waals surface area contributed by atoms with Crippen molar-refractivity contribution in [1.82, 2.24) is 0 Å². The van der Waals surface area contributed by atoms with Crippen molar-refractivity contribution in [3.63, 3.8) is 0 Å². The van der Waals surface area contributed by atoms with Crippen molar-refractivity contribution < 1.29 is 96.5 Å². The predicted molar refractivity (Wildman–Crippen MR) is 116 cm³/mol. The van der Waals surface area contributed by atoms with Gasteiger partial charge in [-0.1, -0.05) is 13.8 Å². The van der Waals surface area contributed by atoms with E-state index < -0.39 is 60.4 Å². The molecule has 0 saturated heterocycles. The van der Waals surface area contributed by atoms with Crippen LogP contribution >= 0.6 is 0 Å². The second-order valence-electron chi connectivity index (χ2n) is 7.99. The number of carboxylic acid groups (broad SMARTS) is 4. The Morgan fingerprint density at radius 1 is 0.861 bits per heavy atom. The fraction of sp³-hybridized carbons (Fsp3) is 0.455. The predicted octanol–water partition coefficient (Wildman–Crippen LogP) is 1.51. The molecule has 0 aliphatic carbocycles. The van der Waals surface area contributed by atoms with E-state index in [0.717, 1.165) is 12.1 Å². The van der Waals surface area contributed by atoms with Gasteiger partial charge in [-0.3, -0.25) is 9.59 Å². The number of ether oxygens (including phenoxy) is 2. The van der Waals surface area contributed by atoms with Crippen LogP contribution < -0.4 is 0 Å². The molecular formula is C22H28O13Y. The average molecular weight is 589 g/mol. The number of aliphatic hydroxyl groups is 1. The first-order valence-corrected chi connectivity index (χ1v) is 10.1. The number of hydrogen-bond acceptors (Lipinski definition) is 9. The van der Waals surface area contributed by atoms with Crippen LogP contribution in [0.25, 0.3) is 0 Å². The van der Waals surface area contributed by atoms with Crippen molar-refractivity contribution >= 4 is 35.8 Å². The maximum Gasteiger partial charge on any atom is 0.339 e. The first kappa shape index (κ1) is 35.3. The topological polar surface area (TPSA) is 222 Å². The van der Waals surface area contributed by atoms with E-state index >= 15 is 0 Å². The summed E-state index contributed by atoms with van der Waals surface area (Å²) in [5, 5.41) is 44.3. The molecule has 197 valence electrons. The molecule has 0 spiro atoms. The summed E-state index contributed by atoms with van der Waals surface area (Å²) in [6, 6.07) is 3.26. The van der Waals surface area contributed by atoms with E-state index in [4.69, 9.17) is 25.2 Å². The van der Waals surface area contributed by atoms with E-state index in [-0.39, 0.29) is 61.9 Å². The van der Waals surface area contributed by atoms with Gasteiger partial charge in [0.15, 0.2) is 5.60 Å². The average Bonchev–Trinajstić information content (AvgIpc) is 2.70. The van der Waals surface area contributed by atoms with Gasteiger partial charge in [-0.05, 0) is 38.0 Å². The molecule has 0 aromatic heterocycles. The Kier molecular flexibility index (Phi) is 15.6. The number of esters is 2. The Labute approximate surface area is 231 Å². The maximum atomic E-state index is 11.7. The van der Waals surface area contributed by atoms with Gasteiger partial charge in [-0.2, -0.15) is 0 Å². The van der Waals surface area contributed by atoms with Crippen molar-refractivity contribution in [2.75, 3.05) is 6.61 Å². The first-order valence-electron chi connectivity index (χ1n) is 10.1. The molecule has 36 heavy (non-hydrogen) atoms. The van der Waals surface area contributed by atoms with Crippen molar-refractivity contribution in [2.24, 2.45) is 5.92 Å². The van der Waals surface area contributed by atoms with Crippen molar-refractivity contribution in [2.45, 2.75) is 52.2 Å². The molecule has 0 fully saturated rings. The molecule has 1 atom stereocenters. The number of benzene rings is 1. The van der Waals surface area contributed by atoms with Gasteiger partial charge < -0.3 is 35.0 Å². The molecule has 0 heterocycles. The first-order chi connectivity index (χ1) is 16.0. The van der Waals surface area contributed by atoms with Crippen LogP contribution in [0.4, 0.5) is 0 Å². The van der Waals surface area contributed by atoms with E-state index in [1.165, 1.54) is 6.07 Å². The van der Waals surface area contributed by atoms with Gasteiger partial charge in [0.1, 0.15) is 0 Å². The van der Waals surface area contributed by atoms with Crippen LogP contribution in [0, 0.1) is 5.92 Å². The van der Waals surface area contributed by atoms with Crippen LogP contribution in [0.3, 0.4) is 0 Å². The molecule has 0 saturated carbocycles. The van der Waals surface area contributed by atoms with E-state index in [2.05, 4.69) is 4.74 Å². The minimum atomic E-state index is -2.63. The molecule has 0 bridgehead atoms. The van der Waals surface area contributed by atoms with Crippen molar-refractivity contribution in [1.29, 1.82) is 0 Å². The SMILES string of the molecule is CC(C)COC(=O)c1ccc(C(=O)O)cc1C(=O)O.CC(C)OC(=O)CC(O)(CC(=O)O)C(=O)O.[Y]. The summed E-state index contributed by atoms with van der Waals surface area (Å²) in [6.07, 6.45) is -2.42. The molecule has 1 unspecified atom stereocenters. The van der Waals surface area contributed by atoms with Crippen LogP contribution in [0.1, 0.15) is 71.6 Å². The standard InChI is InChI=1S/C13H14O6.C9H14O7.Y/c1-7(2)6-19-13(18)9-4-3-8(11(14)15)5-10(9)12(16)17;1-5(2)16-7(12)4-9(15,8(13)14)3-6(10)11;/h3-5,7H,6H2,1-2H3,(H,14,15)(H,16,17);5,15H,3-4H2,1-2H3,(H,10,11)(H,13,14);. The van der Waals surface area contributed by atoms with Gasteiger partial charge in [0.05, 0.1) is 42.2 Å². The zero-order valence-corrected chi connectivity index (χ0v) is 22.9. The van der Waals surface area contributed by atoms with E-state index in [1.54, 1.807) is 13.8 Å². The Balaban J connectivity index is 0. The Morgan fingerprint density at radius 3 is 1.81 bits per heavy atom. The van der Waals surface area contributed by atoms with Gasteiger partial charge in [-0.25, -0.2) is 19.2 Å². The summed E-state index contributed by atoms with van der Waals surface area (Å²) < 4.78 is 9.55. The maximum absolute atomic E-state index is 11.7. The normalized spacial score (nSPS) is 11.8. The van der Waals surface area contributed by atoms with Gasteiger partial charge in [0.2, 0.25) is 0 Å². The number of rotatable bonds is 11. The second kappa shape index (κ2) is 16.0. The van der Waals surface area contributed by atoms with Crippen LogP contribution in [0.2, 0.25) is 0 Å². The van der Waals surface area contributed by atoms with E-state index in [9.17, 15) is 33.9 Å². The van der Waals surface area contributed by atoms with Crippen LogP contribution in [0.5, 0.6) is 0 Å². The van der Waals surface area contributed by atoms with Gasteiger partial charge in [0.25, 0.3) is 0 Å². The third kappa shape index (κ3) is 12.7. The van der Waals surface area contributed by atoms with Gasteiger partial charge in [-0.15, -0.1) is 0 Å². The minimum Gasteiger partial charge on any atom is -0.481 e. The summed E-state index contributed by atoms with van der Waals surface area (Å²) in [5.74, 6) is -7.53. The molecule has 1 rings (SSSR count). The largest absolute Gasteiger partial charge is 0.481 e. The Hall–Kier alpha value is -2.90. The molecule has 1 radical (unpaired) electrons. The molecule has 1 aromatic carbocycles. The zero-order chi connectivity index (χ0) is 27.5. The summed E-state index contributed by atoms with van der Waals surface area (Å²) in [7, 11) is 0. The van der Waals surface area contributed by atoms with Crippen LogP contribution in [-0.4, -0.2) is 79.7 Å². The Morgan fingerprint density at radius 2 is 1.42 bits per heavy atom. The number of aliphatic carboxylic acids is 2. The molecule has 1 aromatic rings. The summed E-state index contributed by atoms with van der Waals surface area (Å²) >= 11 is 0. The van der Waals surface area contributed by atoms with Gasteiger partial charge >= 0.3 is 35.8 Å². The fourth-order valence-electron chi connectivity index (χ4n) is 2.36. The molecule has 13 nitrogen and oxygen atoms in total. The smallest absolute Gasteiger partial charge is 0.339 e. The number of carbonyl (C=O) groups excluding carboxylic acids is 2. The molecule has 5 N–H and O–H groups in total. The number of hydrogen-bond donors (Lipinski definition) is 5. The number of carbonyl (C=O) groups is 6. The Bertz CT molecular complexity index is 971. The summed E-state index contributed by atoms with van der Waals surface area (Å²) in [6.45, 7) is 6.96. The second-order valence-corrected chi connectivity index (χ2v) is 7.99. The van der Waals surface area contributed by atoms with E-state index in [0.29, 0.717) is 0 Å². The molecular weight excluding hydrogens is 561 g/mol. The molecule has 0 amide bonds.